The lowest BCUT2D eigenvalue weighted by Crippen LogP contribution is -2.28. The van der Waals surface area contributed by atoms with Crippen LogP contribution in [0.15, 0.2) is 231 Å². The molecule has 290 valence electrons. The molecule has 9 aromatic carbocycles. The van der Waals surface area contributed by atoms with Gasteiger partial charge in [0.25, 0.3) is 0 Å². The highest BCUT2D eigenvalue weighted by Gasteiger charge is 2.46. The molecule has 0 saturated carbocycles. The smallest absolute Gasteiger partial charge is 0.164 e. The van der Waals surface area contributed by atoms with Crippen molar-refractivity contribution in [2.45, 2.75) is 5.41 Å². The van der Waals surface area contributed by atoms with E-state index in [1.54, 1.807) is 0 Å². The summed E-state index contributed by atoms with van der Waals surface area (Å²) in [5, 5.41) is 2.41. The Morgan fingerprint density at radius 3 is 1.47 bits per heavy atom. The van der Waals surface area contributed by atoms with Crippen LogP contribution in [0.4, 0.5) is 0 Å². The van der Waals surface area contributed by atoms with Gasteiger partial charge < -0.3 is 4.57 Å². The summed E-state index contributed by atoms with van der Waals surface area (Å²) < 4.78 is 2.39. The largest absolute Gasteiger partial charge is 0.309 e. The Balaban J connectivity index is 1.21. The molecule has 0 aliphatic heterocycles. The first-order chi connectivity index (χ1) is 30.8. The van der Waals surface area contributed by atoms with Gasteiger partial charge in [0.05, 0.1) is 16.4 Å². The molecule has 0 spiro atoms. The van der Waals surface area contributed by atoms with Crippen molar-refractivity contribution >= 4 is 21.8 Å². The van der Waals surface area contributed by atoms with Gasteiger partial charge in [0, 0.05) is 33.2 Å². The van der Waals surface area contributed by atoms with Crippen LogP contribution in [-0.2, 0) is 5.41 Å². The Kier molecular flexibility index (Phi) is 8.36. The van der Waals surface area contributed by atoms with Crippen molar-refractivity contribution in [3.05, 3.63) is 253 Å². The quantitative estimate of drug-likeness (QED) is 0.161. The molecule has 1 aliphatic rings. The van der Waals surface area contributed by atoms with Crippen LogP contribution in [0, 0.1) is 0 Å². The lowest BCUT2D eigenvalue weighted by molar-refractivity contribution is 0.769. The second-order valence-electron chi connectivity index (χ2n) is 15.9. The first-order valence-corrected chi connectivity index (χ1v) is 21.1. The maximum absolute atomic E-state index is 5.35. The third-order valence-electron chi connectivity index (χ3n) is 12.5. The van der Waals surface area contributed by atoms with Gasteiger partial charge in [0.1, 0.15) is 0 Å². The molecule has 2 aromatic heterocycles. The van der Waals surface area contributed by atoms with Crippen molar-refractivity contribution in [3.8, 4) is 62.1 Å². The summed E-state index contributed by atoms with van der Waals surface area (Å²) in [6, 6.07) is 82.4. The summed E-state index contributed by atoms with van der Waals surface area (Å²) in [4.78, 5) is 15.8. The lowest BCUT2D eigenvalue weighted by atomic mass is 9.67. The Hall–Kier alpha value is -8.21. The molecule has 4 heteroatoms. The molecule has 0 saturated heterocycles. The molecule has 0 N–H and O–H groups in total. The first-order valence-electron chi connectivity index (χ1n) is 21.1. The van der Waals surface area contributed by atoms with Gasteiger partial charge >= 0.3 is 0 Å². The second-order valence-corrected chi connectivity index (χ2v) is 15.9. The van der Waals surface area contributed by atoms with Crippen LogP contribution in [0.25, 0.3) is 83.9 Å². The molecular formula is C58H38N4. The van der Waals surface area contributed by atoms with E-state index in [1.165, 1.54) is 44.1 Å². The van der Waals surface area contributed by atoms with Crippen molar-refractivity contribution < 1.29 is 0 Å². The van der Waals surface area contributed by atoms with Gasteiger partial charge in [-0.25, -0.2) is 15.0 Å². The lowest BCUT2D eigenvalue weighted by Gasteiger charge is -2.34. The van der Waals surface area contributed by atoms with Crippen LogP contribution in [0.1, 0.15) is 22.3 Å². The number of benzene rings is 9. The highest BCUT2D eigenvalue weighted by Crippen LogP contribution is 2.58. The molecule has 2 heterocycles. The van der Waals surface area contributed by atoms with E-state index in [1.807, 2.05) is 36.4 Å². The maximum atomic E-state index is 5.35. The van der Waals surface area contributed by atoms with Crippen LogP contribution in [0.2, 0.25) is 0 Å². The van der Waals surface area contributed by atoms with Crippen molar-refractivity contribution in [2.75, 3.05) is 0 Å². The van der Waals surface area contributed by atoms with Gasteiger partial charge in [0.15, 0.2) is 17.5 Å². The van der Waals surface area contributed by atoms with Crippen LogP contribution in [0.5, 0.6) is 0 Å². The zero-order chi connectivity index (χ0) is 41.0. The molecule has 0 bridgehead atoms. The highest BCUT2D eigenvalue weighted by molar-refractivity contribution is 6.10. The third-order valence-corrected chi connectivity index (χ3v) is 12.5. The average molecular weight is 791 g/mol. The number of hydrogen-bond acceptors (Lipinski definition) is 3. The molecule has 11 aromatic rings. The minimum atomic E-state index is -0.589. The molecule has 0 amide bonds. The summed E-state index contributed by atoms with van der Waals surface area (Å²) in [6.45, 7) is 0. The summed E-state index contributed by atoms with van der Waals surface area (Å²) in [6.07, 6.45) is 0. The molecule has 62 heavy (non-hydrogen) atoms. The zero-order valence-electron chi connectivity index (χ0n) is 33.7. The second kappa shape index (κ2) is 14.5. The monoisotopic (exact) mass is 790 g/mol. The first kappa shape index (κ1) is 35.7. The number of aromatic nitrogens is 4. The van der Waals surface area contributed by atoms with Gasteiger partial charge in [-0.1, -0.05) is 194 Å². The van der Waals surface area contributed by atoms with Gasteiger partial charge in [-0.2, -0.15) is 0 Å². The van der Waals surface area contributed by atoms with E-state index in [9.17, 15) is 0 Å². The summed E-state index contributed by atoms with van der Waals surface area (Å²) in [5.41, 5.74) is 15.0. The molecule has 0 fully saturated rings. The summed E-state index contributed by atoms with van der Waals surface area (Å²) >= 11 is 0. The van der Waals surface area contributed by atoms with E-state index in [2.05, 4.69) is 199 Å². The van der Waals surface area contributed by atoms with Crippen LogP contribution in [-0.4, -0.2) is 19.5 Å². The fourth-order valence-corrected chi connectivity index (χ4v) is 9.83. The van der Waals surface area contributed by atoms with E-state index in [4.69, 9.17) is 15.0 Å². The van der Waals surface area contributed by atoms with Gasteiger partial charge in [0.2, 0.25) is 0 Å². The van der Waals surface area contributed by atoms with E-state index >= 15 is 0 Å². The number of para-hydroxylation sites is 2. The molecule has 0 atom stereocenters. The van der Waals surface area contributed by atoms with Crippen molar-refractivity contribution in [2.24, 2.45) is 0 Å². The van der Waals surface area contributed by atoms with Gasteiger partial charge in [-0.3, -0.25) is 0 Å². The van der Waals surface area contributed by atoms with Crippen molar-refractivity contribution in [3.63, 3.8) is 0 Å². The van der Waals surface area contributed by atoms with Gasteiger partial charge in [-0.15, -0.1) is 0 Å². The topological polar surface area (TPSA) is 43.6 Å². The Morgan fingerprint density at radius 2 is 0.823 bits per heavy atom. The van der Waals surface area contributed by atoms with Crippen molar-refractivity contribution in [1.29, 1.82) is 0 Å². The molecular weight excluding hydrogens is 753 g/mol. The minimum absolute atomic E-state index is 0.589. The molecule has 4 nitrogen and oxygen atoms in total. The number of nitrogens with zero attached hydrogens (tertiary/aromatic N) is 4. The fourth-order valence-electron chi connectivity index (χ4n) is 9.83. The normalized spacial score (nSPS) is 12.6. The zero-order valence-corrected chi connectivity index (χ0v) is 33.7. The van der Waals surface area contributed by atoms with E-state index < -0.39 is 5.41 Å². The minimum Gasteiger partial charge on any atom is -0.309 e. The Bertz CT molecular complexity index is 3340. The summed E-state index contributed by atoms with van der Waals surface area (Å²) in [7, 11) is 0. The molecule has 1 aliphatic carbocycles. The van der Waals surface area contributed by atoms with E-state index in [0.717, 1.165) is 44.6 Å². The van der Waals surface area contributed by atoms with Gasteiger partial charge in [-0.05, 0) is 80.9 Å². The third kappa shape index (κ3) is 5.58. The molecule has 0 radical (unpaired) electrons. The SMILES string of the molecule is c1ccc(-c2nc(-c3ccccc3)nc(-c3cc4c(cc3-c3ccc5c6ccccc6n(-c6ccccc6)c5c3)C(c3ccccc3)(c3ccccc3)c3ccccc3-4)n2)cc1. The number of rotatable bonds is 7. The fraction of sp³-hybridized carbons (Fsp3) is 0.0172. The standard InChI is InChI=1S/C58H38N4/c1-6-20-39(21-7-1)55-59-56(40-22-8-2-9-23-40)61-57(60-55)50-37-49-45-30-16-18-32-51(45)58(42-24-10-3-11-25-42,43-26-12-4-13-27-43)52(49)38-48(50)41-34-35-47-46-31-17-19-33-53(46)62(54(47)36-41)44-28-14-5-15-29-44/h1-38H. The van der Waals surface area contributed by atoms with Crippen LogP contribution >= 0.6 is 0 Å². The van der Waals surface area contributed by atoms with Crippen LogP contribution < -0.4 is 0 Å². The molecule has 0 unspecified atom stereocenters. The summed E-state index contributed by atoms with van der Waals surface area (Å²) in [5.74, 6) is 1.88. The van der Waals surface area contributed by atoms with E-state index in [-0.39, 0.29) is 0 Å². The van der Waals surface area contributed by atoms with Crippen molar-refractivity contribution in [1.82, 2.24) is 19.5 Å². The van der Waals surface area contributed by atoms with Crippen LogP contribution in [0.3, 0.4) is 0 Å². The molecule has 12 rings (SSSR count). The number of fused-ring (bicyclic) bond motifs is 6. The highest BCUT2D eigenvalue weighted by atomic mass is 15.0. The number of hydrogen-bond donors (Lipinski definition) is 0. The average Bonchev–Trinajstić information content (AvgIpc) is 3.85. The Morgan fingerprint density at radius 1 is 0.306 bits per heavy atom. The maximum Gasteiger partial charge on any atom is 0.164 e. The van der Waals surface area contributed by atoms with E-state index in [0.29, 0.717) is 17.5 Å². The predicted molar refractivity (Wildman–Crippen MR) is 253 cm³/mol. The predicted octanol–water partition coefficient (Wildman–Crippen LogP) is 14.0. The Labute approximate surface area is 360 Å².